The first-order valence-corrected chi connectivity index (χ1v) is 16.9. The van der Waals surface area contributed by atoms with Gasteiger partial charge in [0.1, 0.15) is 12.0 Å². The van der Waals surface area contributed by atoms with Gasteiger partial charge in [0.25, 0.3) is 18.1 Å². The molecule has 1 unspecified atom stereocenters. The zero-order valence-electron chi connectivity index (χ0n) is 25.9. The highest BCUT2D eigenvalue weighted by atomic mass is 32.1. The number of esters is 1. The predicted molar refractivity (Wildman–Crippen MR) is 174 cm³/mol. The Bertz CT molecular complexity index is 2390. The first-order chi connectivity index (χ1) is 24.2. The monoisotopic (exact) mass is 695 g/mol. The van der Waals surface area contributed by atoms with E-state index in [1.54, 1.807) is 34.5 Å². The van der Waals surface area contributed by atoms with Gasteiger partial charge in [-0.1, -0.05) is 48.5 Å². The summed E-state index contributed by atoms with van der Waals surface area (Å²) in [6.07, 6.45) is -1.23. The lowest BCUT2D eigenvalue weighted by atomic mass is 9.80. The molecular weight excluding hydrogens is 671 g/mol. The molecule has 1 amide bonds. The number of carbonyl (C=O) groups excluding carboxylic acids is 2. The smallest absolute Gasteiger partial charge is 0.342 e. The lowest BCUT2D eigenvalue weighted by molar-refractivity contribution is -0.0417. The molecule has 9 nitrogen and oxygen atoms in total. The summed E-state index contributed by atoms with van der Waals surface area (Å²) >= 11 is 1.34. The van der Waals surface area contributed by atoms with Gasteiger partial charge in [-0.05, 0) is 39.8 Å². The summed E-state index contributed by atoms with van der Waals surface area (Å²) in [5.74, 6) is -5.95. The lowest BCUT2D eigenvalue weighted by Crippen LogP contribution is -2.66. The normalized spacial score (nSPS) is 22.1. The van der Waals surface area contributed by atoms with Crippen molar-refractivity contribution in [2.75, 3.05) is 24.8 Å². The zero-order valence-corrected chi connectivity index (χ0v) is 26.7. The second kappa shape index (κ2) is 10.3. The van der Waals surface area contributed by atoms with Crippen LogP contribution in [0.25, 0.3) is 21.6 Å². The van der Waals surface area contributed by atoms with E-state index in [1.165, 1.54) is 34.3 Å². The molecule has 3 atom stereocenters. The number of cyclic esters (lactones) is 1. The molecule has 0 saturated carbocycles. The number of alkyl halides is 2. The molecule has 5 aliphatic rings. The minimum Gasteiger partial charge on any atom is -0.444 e. The van der Waals surface area contributed by atoms with Crippen molar-refractivity contribution in [2.45, 2.75) is 30.8 Å². The third kappa shape index (κ3) is 3.89. The van der Waals surface area contributed by atoms with Gasteiger partial charge in [0.15, 0.2) is 5.69 Å². The van der Waals surface area contributed by atoms with Crippen LogP contribution in [0.1, 0.15) is 61.0 Å². The van der Waals surface area contributed by atoms with Crippen LogP contribution in [0, 0.1) is 5.82 Å². The zero-order chi connectivity index (χ0) is 34.1. The standard InChI is InChI=1S/C37H24F3N3O6S/c38-24-10-9-23-28-27-18(15-37(39,40)29(24)28)17-50-33(27)20-6-2-1-5-19(20)30(23)43-26-16-47-14-13-41(26)34(45)31-32(25(44)11-12-42(31)43)48-36-22-8-4-3-7-21(22)35(46)49-36/h1-12,17,26,30,36H,13-16H2/t26-,30-,36?/m1/s1. The number of amides is 1. The molecule has 3 aliphatic heterocycles. The molecule has 0 spiro atoms. The molecule has 0 radical (unpaired) electrons. The number of aromatic nitrogens is 1. The average Bonchev–Trinajstić information content (AvgIpc) is 3.64. The first kappa shape index (κ1) is 29.5. The van der Waals surface area contributed by atoms with Gasteiger partial charge in [0, 0.05) is 46.8 Å². The minimum atomic E-state index is -3.47. The number of thiophene rings is 1. The molecule has 1 fully saturated rings. The van der Waals surface area contributed by atoms with Crippen molar-refractivity contribution in [1.29, 1.82) is 0 Å². The highest BCUT2D eigenvalue weighted by Crippen LogP contribution is 2.58. The molecule has 250 valence electrons. The largest absolute Gasteiger partial charge is 0.444 e. The van der Waals surface area contributed by atoms with E-state index in [-0.39, 0.29) is 42.3 Å². The lowest BCUT2D eigenvalue weighted by Gasteiger charge is -2.51. The van der Waals surface area contributed by atoms with Gasteiger partial charge in [0.2, 0.25) is 11.2 Å². The number of morpholine rings is 1. The summed E-state index contributed by atoms with van der Waals surface area (Å²) in [6, 6.07) is 17.1. The van der Waals surface area contributed by atoms with Crippen molar-refractivity contribution in [3.8, 4) is 27.3 Å². The van der Waals surface area contributed by atoms with E-state index < -0.39 is 59.5 Å². The Hall–Kier alpha value is -5.40. The van der Waals surface area contributed by atoms with E-state index in [4.69, 9.17) is 14.2 Å². The van der Waals surface area contributed by atoms with Crippen LogP contribution in [0.3, 0.4) is 0 Å². The van der Waals surface area contributed by atoms with Gasteiger partial charge in [-0.2, -0.15) is 0 Å². The molecular formula is C37H24F3N3O6S. The number of benzene rings is 3. The number of nitrogens with zero attached hydrogens (tertiary/aromatic N) is 3. The predicted octanol–water partition coefficient (Wildman–Crippen LogP) is 6.13. The average molecular weight is 696 g/mol. The van der Waals surface area contributed by atoms with Crippen molar-refractivity contribution >= 4 is 23.2 Å². The van der Waals surface area contributed by atoms with Gasteiger partial charge >= 0.3 is 5.97 Å². The van der Waals surface area contributed by atoms with Crippen molar-refractivity contribution in [3.05, 3.63) is 133 Å². The number of carbonyl (C=O) groups is 2. The third-order valence-corrected chi connectivity index (χ3v) is 11.2. The Balaban J connectivity index is 1.24. The molecule has 50 heavy (non-hydrogen) atoms. The maximum absolute atomic E-state index is 15.9. The number of pyridine rings is 1. The van der Waals surface area contributed by atoms with Crippen LogP contribution in [-0.4, -0.2) is 47.4 Å². The van der Waals surface area contributed by atoms with Crippen molar-refractivity contribution in [3.63, 3.8) is 0 Å². The van der Waals surface area contributed by atoms with Crippen molar-refractivity contribution < 1.29 is 37.0 Å². The quantitative estimate of drug-likeness (QED) is 0.210. The third-order valence-electron chi connectivity index (χ3n) is 10.2. The summed E-state index contributed by atoms with van der Waals surface area (Å²) in [6.45, 7) is 0.443. The fraction of sp³-hybridized carbons (Fsp3) is 0.216. The number of fused-ring (bicyclic) bond motifs is 5. The molecule has 10 rings (SSSR count). The van der Waals surface area contributed by atoms with Gasteiger partial charge in [0.05, 0.1) is 30.4 Å². The number of halogens is 3. The number of hydrogen-bond acceptors (Lipinski definition) is 8. The maximum Gasteiger partial charge on any atom is 0.342 e. The van der Waals surface area contributed by atoms with E-state index in [0.717, 1.165) is 22.1 Å². The highest BCUT2D eigenvalue weighted by Gasteiger charge is 2.51. The Kier molecular flexibility index (Phi) is 6.09. The van der Waals surface area contributed by atoms with Crippen LogP contribution in [0.5, 0.6) is 5.75 Å². The van der Waals surface area contributed by atoms with Gasteiger partial charge < -0.3 is 19.1 Å². The van der Waals surface area contributed by atoms with Gasteiger partial charge in [-0.3, -0.25) is 19.3 Å². The number of rotatable bonds is 3. The van der Waals surface area contributed by atoms with Crippen molar-refractivity contribution in [2.24, 2.45) is 0 Å². The van der Waals surface area contributed by atoms with E-state index in [1.807, 2.05) is 29.3 Å². The van der Waals surface area contributed by atoms with E-state index in [9.17, 15) is 14.4 Å². The maximum atomic E-state index is 15.9. The number of ether oxygens (including phenoxy) is 3. The van der Waals surface area contributed by atoms with Crippen LogP contribution >= 0.6 is 11.3 Å². The number of hydrogen-bond donors (Lipinski definition) is 0. The van der Waals surface area contributed by atoms with Crippen LogP contribution in [0.2, 0.25) is 0 Å². The molecule has 0 bridgehead atoms. The fourth-order valence-electron chi connectivity index (χ4n) is 8.11. The molecule has 2 aromatic heterocycles. The summed E-state index contributed by atoms with van der Waals surface area (Å²) < 4.78 is 66.6. The SMILES string of the molecule is O=C1OC(Oc2c3n(ccc2=O)N([C@@H]2c4ccccc4-c4scc5c4-c4c2ccc(F)c4C(F)(F)C5)[C@@H]2COCCN2C3=O)c2ccccc21. The Morgan fingerprint density at radius 1 is 0.900 bits per heavy atom. The minimum absolute atomic E-state index is 0.0619. The van der Waals surface area contributed by atoms with Crippen LogP contribution in [0.4, 0.5) is 13.2 Å². The van der Waals surface area contributed by atoms with Crippen LogP contribution < -0.4 is 15.2 Å². The topological polar surface area (TPSA) is 90.3 Å². The van der Waals surface area contributed by atoms with Crippen LogP contribution in [-0.2, 0) is 21.8 Å². The Morgan fingerprint density at radius 2 is 1.68 bits per heavy atom. The summed E-state index contributed by atoms with van der Waals surface area (Å²) in [5.41, 5.74) is 2.35. The first-order valence-electron chi connectivity index (χ1n) is 16.0. The molecule has 5 heterocycles. The molecule has 0 N–H and O–H groups in total. The molecule has 3 aromatic carbocycles. The molecule has 2 aliphatic carbocycles. The second-order valence-electron chi connectivity index (χ2n) is 12.8. The van der Waals surface area contributed by atoms with Gasteiger partial charge in [-0.25, -0.2) is 18.0 Å². The van der Waals surface area contributed by atoms with Crippen LogP contribution in [0.15, 0.2) is 83.1 Å². The summed E-state index contributed by atoms with van der Waals surface area (Å²) in [5, 5.41) is 3.55. The Morgan fingerprint density at radius 3 is 2.52 bits per heavy atom. The van der Waals surface area contributed by atoms with Gasteiger partial charge in [-0.15, -0.1) is 11.3 Å². The summed E-state index contributed by atoms with van der Waals surface area (Å²) in [7, 11) is 0. The van der Waals surface area contributed by atoms with E-state index in [0.29, 0.717) is 22.3 Å². The molecule has 5 aromatic rings. The highest BCUT2D eigenvalue weighted by molar-refractivity contribution is 7.14. The second-order valence-corrected chi connectivity index (χ2v) is 13.7. The fourth-order valence-corrected chi connectivity index (χ4v) is 9.23. The van der Waals surface area contributed by atoms with E-state index >= 15 is 13.2 Å². The summed E-state index contributed by atoms with van der Waals surface area (Å²) in [4.78, 5) is 43.0. The Labute approximate surface area is 285 Å². The van der Waals surface area contributed by atoms with E-state index in [2.05, 4.69) is 0 Å². The van der Waals surface area contributed by atoms with Crippen molar-refractivity contribution in [1.82, 2.24) is 9.58 Å². The molecule has 1 saturated heterocycles. The molecule has 13 heteroatoms.